The quantitative estimate of drug-likeness (QED) is 0.441. The number of primary amides is 1. The number of rotatable bonds is 6. The number of furan rings is 1. The van der Waals surface area contributed by atoms with Crippen molar-refractivity contribution in [3.8, 4) is 5.75 Å². The van der Waals surface area contributed by atoms with E-state index in [1.807, 2.05) is 0 Å². The van der Waals surface area contributed by atoms with Gasteiger partial charge in [0, 0.05) is 17.3 Å². The zero-order valence-corrected chi connectivity index (χ0v) is 18.5. The molecule has 10 nitrogen and oxygen atoms in total. The van der Waals surface area contributed by atoms with E-state index in [2.05, 4.69) is 9.69 Å². The summed E-state index contributed by atoms with van der Waals surface area (Å²) in [5.74, 6) is -2.06. The van der Waals surface area contributed by atoms with Crippen molar-refractivity contribution in [2.75, 3.05) is 10.6 Å². The molecule has 2 aromatic heterocycles. The molecule has 3 amide bonds. The maximum absolute atomic E-state index is 13.7. The van der Waals surface area contributed by atoms with Crippen LogP contribution in [-0.2, 0) is 4.79 Å². The van der Waals surface area contributed by atoms with Gasteiger partial charge in [0.25, 0.3) is 17.7 Å². The SMILES string of the molecule is CC(C)(C)NC(=O)C(c1ccco1)N(C(=O)c1snc(C(N)=O)c1N)c1cccc(O)c1. The summed E-state index contributed by atoms with van der Waals surface area (Å²) < 4.78 is 9.37. The molecular weight excluding hydrogens is 434 g/mol. The van der Waals surface area contributed by atoms with E-state index in [9.17, 15) is 19.5 Å². The normalized spacial score (nSPS) is 12.2. The number of nitrogens with one attached hydrogen (secondary N) is 1. The Balaban J connectivity index is 2.19. The number of phenolic OH excluding ortho intramolecular Hbond substituents is 1. The van der Waals surface area contributed by atoms with Crippen molar-refractivity contribution < 1.29 is 23.9 Å². The number of benzene rings is 1. The second-order valence-electron chi connectivity index (χ2n) is 7.99. The number of aromatic hydroxyl groups is 1. The standard InChI is InChI=1S/C21H23N5O5S/c1-21(2,3)24-19(29)16(13-8-5-9-31-13)26(11-6-4-7-12(27)10-11)20(30)17-14(22)15(18(23)28)25-32-17/h4-10,16,27H,22H2,1-3H3,(H2,23,28)(H,24,29). The smallest absolute Gasteiger partial charge is 0.273 e. The van der Waals surface area contributed by atoms with E-state index in [-0.39, 0.29) is 33.5 Å². The zero-order valence-electron chi connectivity index (χ0n) is 17.7. The summed E-state index contributed by atoms with van der Waals surface area (Å²) in [5, 5.41) is 12.9. The Hall–Kier alpha value is -3.86. The Morgan fingerprint density at radius 2 is 1.94 bits per heavy atom. The third-order valence-electron chi connectivity index (χ3n) is 4.30. The lowest BCUT2D eigenvalue weighted by atomic mass is 10.1. The maximum atomic E-state index is 13.7. The molecule has 6 N–H and O–H groups in total. The third kappa shape index (κ3) is 4.72. The molecule has 1 unspecified atom stereocenters. The van der Waals surface area contributed by atoms with E-state index in [0.717, 1.165) is 4.90 Å². The van der Waals surface area contributed by atoms with E-state index in [1.165, 1.54) is 24.5 Å². The first kappa shape index (κ1) is 22.8. The summed E-state index contributed by atoms with van der Waals surface area (Å²) in [5.41, 5.74) is 10.4. The maximum Gasteiger partial charge on any atom is 0.273 e. The molecule has 11 heteroatoms. The monoisotopic (exact) mass is 457 g/mol. The van der Waals surface area contributed by atoms with Crippen molar-refractivity contribution in [1.29, 1.82) is 0 Å². The number of phenols is 1. The van der Waals surface area contributed by atoms with Crippen molar-refractivity contribution >= 4 is 40.6 Å². The van der Waals surface area contributed by atoms with Crippen molar-refractivity contribution in [1.82, 2.24) is 9.69 Å². The summed E-state index contributed by atoms with van der Waals surface area (Å²) in [4.78, 5) is 39.7. The fourth-order valence-electron chi connectivity index (χ4n) is 3.02. The molecule has 168 valence electrons. The molecule has 3 aromatic rings. The molecule has 1 atom stereocenters. The molecule has 0 bridgehead atoms. The minimum atomic E-state index is -1.25. The molecule has 0 aliphatic carbocycles. The van der Waals surface area contributed by atoms with Gasteiger partial charge < -0.3 is 26.3 Å². The van der Waals surface area contributed by atoms with Crippen LogP contribution >= 0.6 is 11.5 Å². The molecule has 32 heavy (non-hydrogen) atoms. The topological polar surface area (TPSA) is 165 Å². The fraction of sp³-hybridized carbons (Fsp3) is 0.238. The van der Waals surface area contributed by atoms with E-state index in [4.69, 9.17) is 15.9 Å². The lowest BCUT2D eigenvalue weighted by Crippen LogP contribution is -2.49. The number of hydrogen-bond acceptors (Lipinski definition) is 8. The van der Waals surface area contributed by atoms with Crippen LogP contribution in [0, 0.1) is 0 Å². The van der Waals surface area contributed by atoms with Gasteiger partial charge in [0.1, 0.15) is 16.4 Å². The highest BCUT2D eigenvalue weighted by Crippen LogP contribution is 2.34. The van der Waals surface area contributed by atoms with Crippen LogP contribution in [0.15, 0.2) is 47.1 Å². The van der Waals surface area contributed by atoms with Crippen LogP contribution < -0.4 is 21.7 Å². The average Bonchev–Trinajstić information content (AvgIpc) is 3.33. The van der Waals surface area contributed by atoms with E-state index in [1.54, 1.807) is 39.0 Å². The van der Waals surface area contributed by atoms with E-state index in [0.29, 0.717) is 11.5 Å². The first-order valence-electron chi connectivity index (χ1n) is 9.52. The molecule has 0 aliphatic heterocycles. The third-order valence-corrected chi connectivity index (χ3v) is 5.15. The van der Waals surface area contributed by atoms with Gasteiger partial charge in [0.05, 0.1) is 12.0 Å². The van der Waals surface area contributed by atoms with Crippen LogP contribution in [0.2, 0.25) is 0 Å². The number of nitrogens with zero attached hydrogens (tertiary/aromatic N) is 2. The van der Waals surface area contributed by atoms with Gasteiger partial charge in [-0.15, -0.1) is 0 Å². The van der Waals surface area contributed by atoms with Crippen molar-refractivity contribution in [3.63, 3.8) is 0 Å². The Bertz CT molecular complexity index is 1150. The number of aromatic nitrogens is 1. The molecule has 2 heterocycles. The Morgan fingerprint density at radius 3 is 2.47 bits per heavy atom. The molecular formula is C21H23N5O5S. The Labute approximate surface area is 188 Å². The summed E-state index contributed by atoms with van der Waals surface area (Å²) in [6, 6.07) is 7.71. The van der Waals surface area contributed by atoms with Crippen LogP contribution in [0.5, 0.6) is 5.75 Å². The predicted octanol–water partition coefficient (Wildman–Crippen LogP) is 2.43. The van der Waals surface area contributed by atoms with Crippen LogP contribution in [0.25, 0.3) is 0 Å². The van der Waals surface area contributed by atoms with E-state index < -0.39 is 29.3 Å². The summed E-state index contributed by atoms with van der Waals surface area (Å²) in [6.07, 6.45) is 1.38. The minimum absolute atomic E-state index is 0.0812. The molecule has 0 saturated heterocycles. The number of anilines is 2. The first-order chi connectivity index (χ1) is 15.0. The van der Waals surface area contributed by atoms with Crippen molar-refractivity contribution in [2.24, 2.45) is 5.73 Å². The van der Waals surface area contributed by atoms with Gasteiger partial charge in [0.2, 0.25) is 0 Å². The van der Waals surface area contributed by atoms with Crippen LogP contribution in [0.4, 0.5) is 11.4 Å². The minimum Gasteiger partial charge on any atom is -0.508 e. The summed E-state index contributed by atoms with van der Waals surface area (Å²) >= 11 is 0.687. The van der Waals surface area contributed by atoms with Gasteiger partial charge in [-0.05, 0) is 56.6 Å². The molecule has 3 rings (SSSR count). The number of carbonyl (C=O) groups excluding carboxylic acids is 3. The fourth-order valence-corrected chi connectivity index (χ4v) is 3.77. The largest absolute Gasteiger partial charge is 0.508 e. The number of nitrogens with two attached hydrogens (primary N) is 2. The van der Waals surface area contributed by atoms with Gasteiger partial charge in [-0.1, -0.05) is 6.07 Å². The van der Waals surface area contributed by atoms with Gasteiger partial charge >= 0.3 is 0 Å². The first-order valence-corrected chi connectivity index (χ1v) is 10.3. The zero-order chi connectivity index (χ0) is 23.6. The highest BCUT2D eigenvalue weighted by Gasteiger charge is 2.38. The Kier molecular flexibility index (Phi) is 6.21. The molecule has 1 aromatic carbocycles. The predicted molar refractivity (Wildman–Crippen MR) is 119 cm³/mol. The highest BCUT2D eigenvalue weighted by atomic mass is 32.1. The molecule has 0 radical (unpaired) electrons. The second kappa shape index (κ2) is 8.71. The second-order valence-corrected chi connectivity index (χ2v) is 8.76. The van der Waals surface area contributed by atoms with Crippen LogP contribution in [-0.4, -0.2) is 32.7 Å². The molecule has 0 fully saturated rings. The van der Waals surface area contributed by atoms with Gasteiger partial charge in [-0.25, -0.2) is 0 Å². The van der Waals surface area contributed by atoms with Gasteiger partial charge in [0.15, 0.2) is 11.7 Å². The number of nitrogen functional groups attached to an aromatic ring is 1. The number of amides is 3. The van der Waals surface area contributed by atoms with Crippen LogP contribution in [0.3, 0.4) is 0 Å². The van der Waals surface area contributed by atoms with Crippen molar-refractivity contribution in [2.45, 2.75) is 32.4 Å². The molecule has 0 aliphatic rings. The number of carbonyl (C=O) groups is 3. The van der Waals surface area contributed by atoms with Crippen molar-refractivity contribution in [3.05, 3.63) is 59.0 Å². The summed E-state index contributed by atoms with van der Waals surface area (Å²) in [7, 11) is 0. The van der Waals surface area contributed by atoms with Gasteiger partial charge in [-0.3, -0.25) is 19.3 Å². The lowest BCUT2D eigenvalue weighted by Gasteiger charge is -2.32. The average molecular weight is 458 g/mol. The number of hydrogen-bond donors (Lipinski definition) is 4. The lowest BCUT2D eigenvalue weighted by molar-refractivity contribution is -0.124. The Morgan fingerprint density at radius 1 is 1.22 bits per heavy atom. The van der Waals surface area contributed by atoms with Crippen LogP contribution in [0.1, 0.15) is 52.7 Å². The van der Waals surface area contributed by atoms with E-state index >= 15 is 0 Å². The van der Waals surface area contributed by atoms with Gasteiger partial charge in [-0.2, -0.15) is 4.37 Å². The molecule has 0 saturated carbocycles. The molecule has 0 spiro atoms. The highest BCUT2D eigenvalue weighted by molar-refractivity contribution is 7.09. The summed E-state index contributed by atoms with van der Waals surface area (Å²) in [6.45, 7) is 5.39.